The average Bonchev–Trinajstić information content (AvgIpc) is 2.19. The van der Waals surface area contributed by atoms with E-state index < -0.39 is 6.61 Å². The molecular formula is C10H11BrClF2NO. The Morgan fingerprint density at radius 3 is 2.75 bits per heavy atom. The van der Waals surface area contributed by atoms with Crippen molar-refractivity contribution < 1.29 is 13.5 Å². The van der Waals surface area contributed by atoms with Crippen molar-refractivity contribution in [1.29, 1.82) is 0 Å². The van der Waals surface area contributed by atoms with Crippen LogP contribution in [0, 0.1) is 0 Å². The summed E-state index contributed by atoms with van der Waals surface area (Å²) in [4.78, 5) is 0. The molecule has 0 radical (unpaired) electrons. The largest absolute Gasteiger partial charge is 0.431 e. The number of halogens is 4. The van der Waals surface area contributed by atoms with Crippen LogP contribution in [0.4, 0.5) is 14.5 Å². The van der Waals surface area contributed by atoms with Crippen molar-refractivity contribution in [2.24, 2.45) is 0 Å². The van der Waals surface area contributed by atoms with Crippen LogP contribution in [-0.2, 0) is 0 Å². The predicted molar refractivity (Wildman–Crippen MR) is 64.6 cm³/mol. The lowest BCUT2D eigenvalue weighted by atomic mass is 10.3. The molecular weight excluding hydrogens is 303 g/mol. The summed E-state index contributed by atoms with van der Waals surface area (Å²) in [5, 5.41) is 3.43. The monoisotopic (exact) mass is 313 g/mol. The normalized spacial score (nSPS) is 10.6. The van der Waals surface area contributed by atoms with Crippen LogP contribution >= 0.6 is 27.5 Å². The van der Waals surface area contributed by atoms with E-state index in [0.717, 1.165) is 6.42 Å². The van der Waals surface area contributed by atoms with Crippen molar-refractivity contribution in [2.45, 2.75) is 20.0 Å². The molecule has 0 bridgehead atoms. The molecule has 0 aromatic heterocycles. The standard InChI is InChI=1S/C10H11BrClF2NO/c1-2-3-15-8-5-6(12)4-7(11)9(8)16-10(13)14/h4-5,10,15H,2-3H2,1H3. The number of ether oxygens (including phenoxy) is 1. The Labute approximate surface area is 106 Å². The number of alkyl halides is 2. The Bertz CT molecular complexity index is 363. The van der Waals surface area contributed by atoms with Gasteiger partial charge in [-0.15, -0.1) is 0 Å². The first kappa shape index (κ1) is 13.5. The highest BCUT2D eigenvalue weighted by Gasteiger charge is 2.14. The molecule has 2 nitrogen and oxygen atoms in total. The second kappa shape index (κ2) is 6.25. The molecule has 0 unspecified atom stereocenters. The highest BCUT2D eigenvalue weighted by molar-refractivity contribution is 9.10. The molecule has 1 rings (SSSR count). The van der Waals surface area contributed by atoms with Gasteiger partial charge in [-0.1, -0.05) is 18.5 Å². The quantitative estimate of drug-likeness (QED) is 0.862. The van der Waals surface area contributed by atoms with Gasteiger partial charge in [-0.25, -0.2) is 0 Å². The first-order valence-corrected chi connectivity index (χ1v) is 5.89. The van der Waals surface area contributed by atoms with Crippen LogP contribution in [0.3, 0.4) is 0 Å². The van der Waals surface area contributed by atoms with Crippen LogP contribution in [0.15, 0.2) is 16.6 Å². The van der Waals surface area contributed by atoms with Crippen LogP contribution in [0.2, 0.25) is 5.02 Å². The van der Waals surface area contributed by atoms with Crippen LogP contribution in [0.5, 0.6) is 5.75 Å². The number of anilines is 1. The van der Waals surface area contributed by atoms with E-state index in [0.29, 0.717) is 21.7 Å². The first-order chi connectivity index (χ1) is 7.54. The van der Waals surface area contributed by atoms with Gasteiger partial charge in [0.2, 0.25) is 0 Å². The van der Waals surface area contributed by atoms with Crippen LogP contribution < -0.4 is 10.1 Å². The number of rotatable bonds is 5. The molecule has 1 aromatic carbocycles. The van der Waals surface area contributed by atoms with Gasteiger partial charge in [0.05, 0.1) is 10.2 Å². The van der Waals surface area contributed by atoms with E-state index in [4.69, 9.17) is 11.6 Å². The van der Waals surface area contributed by atoms with Gasteiger partial charge in [-0.05, 0) is 34.5 Å². The molecule has 0 saturated heterocycles. The summed E-state index contributed by atoms with van der Waals surface area (Å²) >= 11 is 8.96. The van der Waals surface area contributed by atoms with E-state index in [1.54, 1.807) is 6.07 Å². The molecule has 0 spiro atoms. The molecule has 0 heterocycles. The fourth-order valence-corrected chi connectivity index (χ4v) is 2.06. The van der Waals surface area contributed by atoms with Gasteiger partial charge in [-0.3, -0.25) is 0 Å². The molecule has 0 saturated carbocycles. The van der Waals surface area contributed by atoms with Gasteiger partial charge >= 0.3 is 6.61 Å². The number of benzene rings is 1. The Balaban J connectivity index is 3.00. The fraction of sp³-hybridized carbons (Fsp3) is 0.400. The zero-order valence-corrected chi connectivity index (χ0v) is 10.9. The average molecular weight is 315 g/mol. The second-order valence-electron chi connectivity index (χ2n) is 3.07. The molecule has 0 atom stereocenters. The van der Waals surface area contributed by atoms with E-state index in [9.17, 15) is 8.78 Å². The highest BCUT2D eigenvalue weighted by Crippen LogP contribution is 2.37. The summed E-state index contributed by atoms with van der Waals surface area (Å²) < 4.78 is 29.2. The minimum absolute atomic E-state index is 0.0767. The molecule has 1 N–H and O–H groups in total. The van der Waals surface area contributed by atoms with Crippen molar-refractivity contribution >= 4 is 33.2 Å². The summed E-state index contributed by atoms with van der Waals surface area (Å²) in [5.74, 6) is 0.0767. The van der Waals surface area contributed by atoms with Gasteiger partial charge in [0.1, 0.15) is 0 Å². The third-order valence-corrected chi connectivity index (χ3v) is 2.59. The molecule has 1 aromatic rings. The van der Waals surface area contributed by atoms with Crippen molar-refractivity contribution in [3.63, 3.8) is 0 Å². The minimum atomic E-state index is -2.86. The Kier molecular flexibility index (Phi) is 5.28. The van der Waals surface area contributed by atoms with Gasteiger partial charge in [-0.2, -0.15) is 8.78 Å². The smallest absolute Gasteiger partial charge is 0.387 e. The van der Waals surface area contributed by atoms with Crippen LogP contribution in [-0.4, -0.2) is 13.2 Å². The second-order valence-corrected chi connectivity index (χ2v) is 4.36. The third kappa shape index (κ3) is 3.79. The van der Waals surface area contributed by atoms with Crippen molar-refractivity contribution in [3.8, 4) is 5.75 Å². The zero-order chi connectivity index (χ0) is 12.1. The zero-order valence-electron chi connectivity index (χ0n) is 8.57. The topological polar surface area (TPSA) is 21.3 Å². The Hall–Kier alpha value is -0.550. The maximum absolute atomic E-state index is 12.2. The van der Waals surface area contributed by atoms with Gasteiger partial charge in [0.25, 0.3) is 0 Å². The molecule has 0 aliphatic heterocycles. The fourth-order valence-electron chi connectivity index (χ4n) is 1.16. The highest BCUT2D eigenvalue weighted by atomic mass is 79.9. The summed E-state index contributed by atoms with van der Waals surface area (Å²) in [5.41, 5.74) is 0.460. The number of hydrogen-bond acceptors (Lipinski definition) is 2. The molecule has 0 aliphatic carbocycles. The van der Waals surface area contributed by atoms with Crippen LogP contribution in [0.25, 0.3) is 0 Å². The van der Waals surface area contributed by atoms with E-state index >= 15 is 0 Å². The molecule has 0 amide bonds. The maximum Gasteiger partial charge on any atom is 0.387 e. The van der Waals surface area contributed by atoms with Crippen molar-refractivity contribution in [2.75, 3.05) is 11.9 Å². The summed E-state index contributed by atoms with van der Waals surface area (Å²) in [6.07, 6.45) is 0.873. The molecule has 0 fully saturated rings. The summed E-state index contributed by atoms with van der Waals surface area (Å²) in [6.45, 7) is -0.230. The lowest BCUT2D eigenvalue weighted by Gasteiger charge is -2.14. The molecule has 16 heavy (non-hydrogen) atoms. The molecule has 90 valence electrons. The van der Waals surface area contributed by atoms with Gasteiger partial charge in [0.15, 0.2) is 5.75 Å². The summed E-state index contributed by atoms with van der Waals surface area (Å²) in [7, 11) is 0. The van der Waals surface area contributed by atoms with E-state index in [2.05, 4.69) is 26.0 Å². The van der Waals surface area contributed by atoms with Crippen LogP contribution in [0.1, 0.15) is 13.3 Å². The SMILES string of the molecule is CCCNc1cc(Cl)cc(Br)c1OC(F)F. The van der Waals surface area contributed by atoms with Crippen molar-refractivity contribution in [3.05, 3.63) is 21.6 Å². The maximum atomic E-state index is 12.2. The van der Waals surface area contributed by atoms with Gasteiger partial charge in [0, 0.05) is 11.6 Å². The van der Waals surface area contributed by atoms with Crippen molar-refractivity contribution in [1.82, 2.24) is 0 Å². The lowest BCUT2D eigenvalue weighted by Crippen LogP contribution is -2.07. The Morgan fingerprint density at radius 2 is 2.19 bits per heavy atom. The first-order valence-electron chi connectivity index (χ1n) is 4.72. The van der Waals surface area contributed by atoms with E-state index in [1.165, 1.54) is 6.07 Å². The van der Waals surface area contributed by atoms with Gasteiger partial charge < -0.3 is 10.1 Å². The summed E-state index contributed by atoms with van der Waals surface area (Å²) in [6, 6.07) is 3.07. The number of nitrogens with one attached hydrogen (secondary N) is 1. The minimum Gasteiger partial charge on any atom is -0.431 e. The third-order valence-electron chi connectivity index (χ3n) is 1.78. The van der Waals surface area contributed by atoms with E-state index in [1.807, 2.05) is 6.92 Å². The molecule has 0 aliphatic rings. The lowest BCUT2D eigenvalue weighted by molar-refractivity contribution is -0.0498. The number of hydrogen-bond donors (Lipinski definition) is 1. The predicted octanol–water partition coefficient (Wildman–Crippen LogP) is 4.53. The van der Waals surface area contributed by atoms with E-state index in [-0.39, 0.29) is 5.75 Å². The molecule has 6 heteroatoms. The Morgan fingerprint density at radius 1 is 1.50 bits per heavy atom.